The predicted molar refractivity (Wildman–Crippen MR) is 77.8 cm³/mol. The summed E-state index contributed by atoms with van der Waals surface area (Å²) in [5.41, 5.74) is 8.42. The molecule has 1 rings (SSSR count). The topological polar surface area (TPSA) is 46.2 Å². The van der Waals surface area contributed by atoms with Crippen LogP contribution in [-0.4, -0.2) is 18.3 Å². The second-order valence-corrected chi connectivity index (χ2v) is 5.45. The zero-order valence-corrected chi connectivity index (χ0v) is 11.9. The third-order valence-corrected chi connectivity index (χ3v) is 3.78. The quantitative estimate of drug-likeness (QED) is 0.779. The van der Waals surface area contributed by atoms with Crippen molar-refractivity contribution < 1.29 is 5.11 Å². The molecule has 2 nitrogen and oxygen atoms in total. The van der Waals surface area contributed by atoms with Gasteiger partial charge in [-0.25, -0.2) is 0 Å². The minimum absolute atomic E-state index is 0.192. The van der Waals surface area contributed by atoms with Crippen molar-refractivity contribution in [3.8, 4) is 0 Å². The Balaban J connectivity index is 2.75. The van der Waals surface area contributed by atoms with Gasteiger partial charge < -0.3 is 10.8 Å². The SMILES string of the molecule is CCC(CC(CN)CO)c1ccc(C(C)C)cc1. The van der Waals surface area contributed by atoms with Gasteiger partial charge in [0.15, 0.2) is 0 Å². The van der Waals surface area contributed by atoms with Crippen LogP contribution in [-0.2, 0) is 0 Å². The Labute approximate surface area is 111 Å². The van der Waals surface area contributed by atoms with E-state index in [1.807, 2.05) is 0 Å². The van der Waals surface area contributed by atoms with E-state index in [-0.39, 0.29) is 12.5 Å². The van der Waals surface area contributed by atoms with Crippen LogP contribution in [0.1, 0.15) is 56.6 Å². The van der Waals surface area contributed by atoms with Crippen LogP contribution in [0.2, 0.25) is 0 Å². The first-order valence-corrected chi connectivity index (χ1v) is 7.03. The molecular weight excluding hydrogens is 222 g/mol. The number of hydrogen-bond acceptors (Lipinski definition) is 2. The Bertz CT molecular complexity index is 327. The summed E-state index contributed by atoms with van der Waals surface area (Å²) in [6.07, 6.45) is 2.07. The van der Waals surface area contributed by atoms with E-state index < -0.39 is 0 Å². The molecule has 0 bridgehead atoms. The minimum atomic E-state index is 0.192. The van der Waals surface area contributed by atoms with E-state index in [1.165, 1.54) is 11.1 Å². The molecule has 0 saturated heterocycles. The van der Waals surface area contributed by atoms with Crippen LogP contribution < -0.4 is 5.73 Å². The summed E-state index contributed by atoms with van der Waals surface area (Å²) < 4.78 is 0. The molecule has 0 aromatic heterocycles. The molecule has 0 spiro atoms. The second-order valence-electron chi connectivity index (χ2n) is 5.45. The van der Waals surface area contributed by atoms with E-state index >= 15 is 0 Å². The van der Waals surface area contributed by atoms with Gasteiger partial charge in [0, 0.05) is 6.61 Å². The zero-order chi connectivity index (χ0) is 13.5. The smallest absolute Gasteiger partial charge is 0.0471 e. The molecule has 0 radical (unpaired) electrons. The maximum Gasteiger partial charge on any atom is 0.0471 e. The van der Waals surface area contributed by atoms with Crippen molar-refractivity contribution in [2.45, 2.75) is 45.4 Å². The highest BCUT2D eigenvalue weighted by Crippen LogP contribution is 2.28. The minimum Gasteiger partial charge on any atom is -0.396 e. The fourth-order valence-corrected chi connectivity index (χ4v) is 2.34. The van der Waals surface area contributed by atoms with Crippen LogP contribution in [0.4, 0.5) is 0 Å². The van der Waals surface area contributed by atoms with Crippen LogP contribution in [0.15, 0.2) is 24.3 Å². The summed E-state index contributed by atoms with van der Waals surface area (Å²) in [7, 11) is 0. The van der Waals surface area contributed by atoms with Gasteiger partial charge in [-0.1, -0.05) is 45.0 Å². The lowest BCUT2D eigenvalue weighted by Crippen LogP contribution is -2.20. The van der Waals surface area contributed by atoms with Crippen molar-refractivity contribution in [1.82, 2.24) is 0 Å². The van der Waals surface area contributed by atoms with Gasteiger partial charge in [0.25, 0.3) is 0 Å². The first-order chi connectivity index (χ1) is 8.62. The predicted octanol–water partition coefficient (Wildman–Crippen LogP) is 3.26. The van der Waals surface area contributed by atoms with Gasteiger partial charge in [-0.2, -0.15) is 0 Å². The zero-order valence-electron chi connectivity index (χ0n) is 11.9. The first kappa shape index (κ1) is 15.2. The molecule has 102 valence electrons. The van der Waals surface area contributed by atoms with Crippen molar-refractivity contribution in [3.05, 3.63) is 35.4 Å². The maximum atomic E-state index is 9.25. The van der Waals surface area contributed by atoms with Gasteiger partial charge in [0.05, 0.1) is 0 Å². The van der Waals surface area contributed by atoms with E-state index in [9.17, 15) is 5.11 Å². The van der Waals surface area contributed by atoms with Crippen molar-refractivity contribution in [2.75, 3.05) is 13.2 Å². The first-order valence-electron chi connectivity index (χ1n) is 7.03. The number of benzene rings is 1. The van der Waals surface area contributed by atoms with Gasteiger partial charge >= 0.3 is 0 Å². The van der Waals surface area contributed by atoms with Crippen molar-refractivity contribution in [3.63, 3.8) is 0 Å². The van der Waals surface area contributed by atoms with Gasteiger partial charge in [0.1, 0.15) is 0 Å². The highest BCUT2D eigenvalue weighted by atomic mass is 16.3. The monoisotopic (exact) mass is 249 g/mol. The van der Waals surface area contributed by atoms with Crippen molar-refractivity contribution in [1.29, 1.82) is 0 Å². The van der Waals surface area contributed by atoms with Gasteiger partial charge in [-0.05, 0) is 48.3 Å². The molecular formula is C16H27NO. The molecule has 0 saturated carbocycles. The van der Waals surface area contributed by atoms with Crippen LogP contribution in [0.5, 0.6) is 0 Å². The molecule has 0 aliphatic rings. The van der Waals surface area contributed by atoms with Gasteiger partial charge in [-0.3, -0.25) is 0 Å². The van der Waals surface area contributed by atoms with Crippen LogP contribution in [0.25, 0.3) is 0 Å². The molecule has 0 aliphatic carbocycles. The number of aliphatic hydroxyl groups is 1. The van der Waals surface area contributed by atoms with E-state index in [1.54, 1.807) is 0 Å². The Hall–Kier alpha value is -0.860. The molecule has 3 N–H and O–H groups in total. The lowest BCUT2D eigenvalue weighted by molar-refractivity contribution is 0.214. The Kier molecular flexibility index (Phi) is 6.37. The lowest BCUT2D eigenvalue weighted by Gasteiger charge is -2.21. The van der Waals surface area contributed by atoms with E-state index in [2.05, 4.69) is 45.0 Å². The molecule has 0 aliphatic heterocycles. The standard InChI is InChI=1S/C16H27NO/c1-4-14(9-13(10-17)11-18)16-7-5-15(6-8-16)12(2)3/h5-8,12-14,18H,4,9-11,17H2,1-3H3. The normalized spacial score (nSPS) is 14.8. The molecule has 1 aromatic carbocycles. The lowest BCUT2D eigenvalue weighted by atomic mass is 9.86. The summed E-state index contributed by atoms with van der Waals surface area (Å²) in [4.78, 5) is 0. The molecule has 2 heteroatoms. The Morgan fingerprint density at radius 2 is 1.67 bits per heavy atom. The van der Waals surface area contributed by atoms with Crippen LogP contribution in [0, 0.1) is 5.92 Å². The van der Waals surface area contributed by atoms with Gasteiger partial charge in [0.2, 0.25) is 0 Å². The highest BCUT2D eigenvalue weighted by Gasteiger charge is 2.15. The third kappa shape index (κ3) is 4.11. The molecule has 2 unspecified atom stereocenters. The molecule has 0 amide bonds. The van der Waals surface area contributed by atoms with Crippen molar-refractivity contribution in [2.24, 2.45) is 11.7 Å². The van der Waals surface area contributed by atoms with Crippen LogP contribution >= 0.6 is 0 Å². The fraction of sp³-hybridized carbons (Fsp3) is 0.625. The Morgan fingerprint density at radius 1 is 1.11 bits per heavy atom. The van der Waals surface area contributed by atoms with E-state index in [0.29, 0.717) is 18.4 Å². The van der Waals surface area contributed by atoms with Crippen LogP contribution in [0.3, 0.4) is 0 Å². The number of rotatable bonds is 7. The summed E-state index contributed by atoms with van der Waals surface area (Å²) in [5, 5.41) is 9.25. The van der Waals surface area contributed by atoms with Crippen molar-refractivity contribution >= 4 is 0 Å². The molecule has 18 heavy (non-hydrogen) atoms. The third-order valence-electron chi connectivity index (χ3n) is 3.78. The summed E-state index contributed by atoms with van der Waals surface area (Å²) in [5.74, 6) is 1.31. The van der Waals surface area contributed by atoms with E-state index in [4.69, 9.17) is 5.73 Å². The summed E-state index contributed by atoms with van der Waals surface area (Å²) in [6, 6.07) is 8.90. The average Bonchev–Trinajstić information content (AvgIpc) is 2.40. The molecule has 0 heterocycles. The Morgan fingerprint density at radius 3 is 2.06 bits per heavy atom. The molecule has 1 aromatic rings. The van der Waals surface area contributed by atoms with E-state index in [0.717, 1.165) is 12.8 Å². The van der Waals surface area contributed by atoms with Gasteiger partial charge in [-0.15, -0.1) is 0 Å². The summed E-state index contributed by atoms with van der Waals surface area (Å²) >= 11 is 0. The summed E-state index contributed by atoms with van der Waals surface area (Å²) in [6.45, 7) is 7.38. The molecule has 2 atom stereocenters. The molecule has 0 fully saturated rings. The maximum absolute atomic E-state index is 9.25. The average molecular weight is 249 g/mol. The number of hydrogen-bond donors (Lipinski definition) is 2. The second kappa shape index (κ2) is 7.55. The highest BCUT2D eigenvalue weighted by molar-refractivity contribution is 5.27. The number of aliphatic hydroxyl groups excluding tert-OH is 1. The number of nitrogens with two attached hydrogens (primary N) is 1. The largest absolute Gasteiger partial charge is 0.396 e. The fourth-order valence-electron chi connectivity index (χ4n) is 2.34.